The highest BCUT2D eigenvalue weighted by Gasteiger charge is 2.26. The zero-order chi connectivity index (χ0) is 20.7. The Morgan fingerprint density at radius 1 is 1.00 bits per heavy atom. The van der Waals surface area contributed by atoms with Gasteiger partial charge in [-0.25, -0.2) is 4.39 Å². The highest BCUT2D eigenvalue weighted by atomic mass is 35.5. The quantitative estimate of drug-likeness (QED) is 0.623. The minimum atomic E-state index is -1.05. The molecule has 0 saturated heterocycles. The van der Waals surface area contributed by atoms with E-state index >= 15 is 0 Å². The molecule has 2 rings (SSSR count). The van der Waals surface area contributed by atoms with Crippen molar-refractivity contribution in [2.45, 2.75) is 31.8 Å². The molecule has 0 radical (unpaired) electrons. The molecule has 0 saturated carbocycles. The number of carbonyl (C=O) groups excluding carboxylic acids is 3. The average molecular weight is 406 g/mol. The zero-order valence-corrected chi connectivity index (χ0v) is 16.0. The van der Waals surface area contributed by atoms with Gasteiger partial charge in [0.1, 0.15) is 17.9 Å². The van der Waals surface area contributed by atoms with Crippen molar-refractivity contribution in [2.24, 2.45) is 5.73 Å². The van der Waals surface area contributed by atoms with E-state index in [-0.39, 0.29) is 18.4 Å². The Balaban J connectivity index is 2.14. The summed E-state index contributed by atoms with van der Waals surface area (Å²) in [6.45, 7) is 1.25. The lowest BCUT2D eigenvalue weighted by atomic mass is 10.0. The molecule has 0 heterocycles. The largest absolute Gasteiger partial charge is 0.368 e. The van der Waals surface area contributed by atoms with Crippen LogP contribution in [0.25, 0.3) is 0 Å². The SMILES string of the molecule is CC(=O)N[C@H](Cc1ccccc1F)C(=O)N[C@@H](Cc1ccc(Cl)cc1)C(N)=O. The summed E-state index contributed by atoms with van der Waals surface area (Å²) in [5.74, 6) is -2.30. The van der Waals surface area contributed by atoms with Crippen LogP contribution >= 0.6 is 11.6 Å². The molecule has 3 amide bonds. The van der Waals surface area contributed by atoms with E-state index < -0.39 is 35.6 Å². The summed E-state index contributed by atoms with van der Waals surface area (Å²) in [5, 5.41) is 5.57. The fourth-order valence-electron chi connectivity index (χ4n) is 2.69. The minimum absolute atomic E-state index is 0.0650. The monoisotopic (exact) mass is 405 g/mol. The molecule has 0 aliphatic carbocycles. The van der Waals surface area contributed by atoms with Crippen molar-refractivity contribution in [1.29, 1.82) is 0 Å². The van der Waals surface area contributed by atoms with Crippen molar-refractivity contribution in [3.8, 4) is 0 Å². The van der Waals surface area contributed by atoms with Crippen LogP contribution in [0.15, 0.2) is 48.5 Å². The van der Waals surface area contributed by atoms with Gasteiger partial charge in [-0.2, -0.15) is 0 Å². The predicted molar refractivity (Wildman–Crippen MR) is 104 cm³/mol. The van der Waals surface area contributed by atoms with E-state index in [4.69, 9.17) is 17.3 Å². The van der Waals surface area contributed by atoms with Crippen LogP contribution in [0, 0.1) is 5.82 Å². The van der Waals surface area contributed by atoms with Gasteiger partial charge in [0.2, 0.25) is 17.7 Å². The van der Waals surface area contributed by atoms with Crippen molar-refractivity contribution >= 4 is 29.3 Å². The Labute approximate surface area is 167 Å². The standard InChI is InChI=1S/C20H21ClFN3O3/c1-12(26)24-18(11-14-4-2-3-5-16(14)22)20(28)25-17(19(23)27)10-13-6-8-15(21)9-7-13/h2-9,17-18H,10-11H2,1H3,(H2,23,27)(H,24,26)(H,25,28)/t17-,18+/m0/s1. The summed E-state index contributed by atoms with van der Waals surface area (Å²) in [6.07, 6.45) is 0.0925. The van der Waals surface area contributed by atoms with Gasteiger partial charge in [0, 0.05) is 24.8 Å². The lowest BCUT2D eigenvalue weighted by Gasteiger charge is -2.22. The molecule has 0 aliphatic rings. The van der Waals surface area contributed by atoms with Crippen molar-refractivity contribution in [3.05, 3.63) is 70.5 Å². The van der Waals surface area contributed by atoms with Crippen LogP contribution < -0.4 is 16.4 Å². The summed E-state index contributed by atoms with van der Waals surface area (Å²) in [5.41, 5.74) is 6.43. The van der Waals surface area contributed by atoms with E-state index in [0.29, 0.717) is 5.02 Å². The zero-order valence-electron chi connectivity index (χ0n) is 15.2. The second kappa shape index (κ2) is 9.85. The molecule has 148 valence electrons. The molecule has 0 aromatic heterocycles. The van der Waals surface area contributed by atoms with Gasteiger partial charge in [0.25, 0.3) is 0 Å². The molecule has 8 heteroatoms. The molecular formula is C20H21ClFN3O3. The van der Waals surface area contributed by atoms with Crippen molar-refractivity contribution < 1.29 is 18.8 Å². The van der Waals surface area contributed by atoms with Crippen molar-refractivity contribution in [2.75, 3.05) is 0 Å². The minimum Gasteiger partial charge on any atom is -0.368 e. The second-order valence-corrected chi connectivity index (χ2v) is 6.78. The summed E-state index contributed by atoms with van der Waals surface area (Å²) in [6, 6.07) is 10.7. The molecule has 4 N–H and O–H groups in total. The number of rotatable bonds is 8. The number of amides is 3. The Morgan fingerprint density at radius 3 is 2.21 bits per heavy atom. The highest BCUT2D eigenvalue weighted by Crippen LogP contribution is 2.12. The van der Waals surface area contributed by atoms with Gasteiger partial charge < -0.3 is 16.4 Å². The molecule has 0 spiro atoms. The number of hydrogen-bond donors (Lipinski definition) is 3. The van der Waals surface area contributed by atoms with Gasteiger partial charge in [-0.15, -0.1) is 0 Å². The third-order valence-corrected chi connectivity index (χ3v) is 4.34. The van der Waals surface area contributed by atoms with Crippen molar-refractivity contribution in [1.82, 2.24) is 10.6 Å². The highest BCUT2D eigenvalue weighted by molar-refractivity contribution is 6.30. The Kier molecular flexibility index (Phi) is 7.52. The maximum Gasteiger partial charge on any atom is 0.243 e. The first kappa shape index (κ1) is 21.4. The van der Waals surface area contributed by atoms with Crippen LogP contribution in [-0.4, -0.2) is 29.8 Å². The number of hydrogen-bond acceptors (Lipinski definition) is 3. The molecular weight excluding hydrogens is 385 g/mol. The lowest BCUT2D eigenvalue weighted by molar-refractivity contribution is -0.130. The smallest absolute Gasteiger partial charge is 0.243 e. The Morgan fingerprint density at radius 2 is 1.64 bits per heavy atom. The van der Waals surface area contributed by atoms with E-state index in [0.717, 1.165) is 5.56 Å². The average Bonchev–Trinajstić information content (AvgIpc) is 2.63. The van der Waals surface area contributed by atoms with E-state index in [1.807, 2.05) is 0 Å². The summed E-state index contributed by atoms with van der Waals surface area (Å²) in [7, 11) is 0. The Bertz CT molecular complexity index is 858. The van der Waals surface area contributed by atoms with Crippen LogP contribution in [0.5, 0.6) is 0 Å². The molecule has 2 aromatic carbocycles. The van der Waals surface area contributed by atoms with Gasteiger partial charge in [0.05, 0.1) is 0 Å². The predicted octanol–water partition coefficient (Wildman–Crippen LogP) is 1.74. The third-order valence-electron chi connectivity index (χ3n) is 4.09. The fraction of sp³-hybridized carbons (Fsp3) is 0.250. The molecule has 28 heavy (non-hydrogen) atoms. The first-order valence-corrected chi connectivity index (χ1v) is 8.98. The van der Waals surface area contributed by atoms with Gasteiger partial charge >= 0.3 is 0 Å². The number of carbonyl (C=O) groups is 3. The number of benzene rings is 2. The summed E-state index contributed by atoms with van der Waals surface area (Å²) >= 11 is 5.84. The molecule has 2 atom stereocenters. The van der Waals surface area contributed by atoms with Gasteiger partial charge in [-0.1, -0.05) is 41.9 Å². The van der Waals surface area contributed by atoms with Crippen LogP contribution in [0.3, 0.4) is 0 Å². The fourth-order valence-corrected chi connectivity index (χ4v) is 2.82. The van der Waals surface area contributed by atoms with Gasteiger partial charge in [-0.05, 0) is 29.3 Å². The molecule has 6 nitrogen and oxygen atoms in total. The van der Waals surface area contributed by atoms with Gasteiger partial charge in [-0.3, -0.25) is 14.4 Å². The lowest BCUT2D eigenvalue weighted by Crippen LogP contribution is -2.54. The maximum absolute atomic E-state index is 13.9. The van der Waals surface area contributed by atoms with E-state index in [1.54, 1.807) is 30.3 Å². The van der Waals surface area contributed by atoms with E-state index in [2.05, 4.69) is 10.6 Å². The van der Waals surface area contributed by atoms with E-state index in [9.17, 15) is 18.8 Å². The number of primary amides is 1. The van der Waals surface area contributed by atoms with Crippen molar-refractivity contribution in [3.63, 3.8) is 0 Å². The third kappa shape index (κ3) is 6.35. The summed E-state index contributed by atoms with van der Waals surface area (Å²) in [4.78, 5) is 36.0. The number of nitrogens with one attached hydrogen (secondary N) is 2. The number of nitrogens with two attached hydrogens (primary N) is 1. The van der Waals surface area contributed by atoms with Crippen LogP contribution in [0.4, 0.5) is 4.39 Å². The van der Waals surface area contributed by atoms with Crippen LogP contribution in [0.1, 0.15) is 18.1 Å². The van der Waals surface area contributed by atoms with Crippen LogP contribution in [-0.2, 0) is 27.2 Å². The first-order valence-electron chi connectivity index (χ1n) is 8.61. The summed E-state index contributed by atoms with van der Waals surface area (Å²) < 4.78 is 13.9. The topological polar surface area (TPSA) is 101 Å². The first-order chi connectivity index (χ1) is 13.3. The molecule has 0 unspecified atom stereocenters. The van der Waals surface area contributed by atoms with E-state index in [1.165, 1.54) is 25.1 Å². The Hall–Kier alpha value is -2.93. The maximum atomic E-state index is 13.9. The second-order valence-electron chi connectivity index (χ2n) is 6.34. The van der Waals surface area contributed by atoms with Crippen LogP contribution in [0.2, 0.25) is 5.02 Å². The molecule has 2 aromatic rings. The van der Waals surface area contributed by atoms with Gasteiger partial charge in [0.15, 0.2) is 0 Å². The molecule has 0 fully saturated rings. The normalized spacial score (nSPS) is 12.7. The number of halogens is 2. The molecule has 0 bridgehead atoms. The molecule has 0 aliphatic heterocycles.